The highest BCUT2D eigenvalue weighted by Gasteiger charge is 2.27. The minimum Gasteiger partial charge on any atom is -0.397 e. The molecule has 1 aliphatic heterocycles. The number of nitrogen functional groups attached to an aromatic ring is 1. The van der Waals surface area contributed by atoms with Gasteiger partial charge in [0.15, 0.2) is 0 Å². The van der Waals surface area contributed by atoms with Gasteiger partial charge in [-0.2, -0.15) is 0 Å². The molecule has 1 heterocycles. The monoisotopic (exact) mass is 265 g/mol. The molecule has 0 saturated carbocycles. The first kappa shape index (κ1) is 14.1. The number of anilines is 2. The van der Waals surface area contributed by atoms with Crippen molar-refractivity contribution in [2.24, 2.45) is 0 Å². The fraction of sp³-hybridized carbons (Fsp3) is 0.600. The molecule has 2 rings (SSSR count). The number of rotatable bonds is 4. The van der Waals surface area contributed by atoms with Crippen molar-refractivity contribution in [1.29, 1.82) is 0 Å². The normalized spacial score (nSPS) is 19.4. The highest BCUT2D eigenvalue weighted by molar-refractivity contribution is 5.69. The van der Waals surface area contributed by atoms with Crippen LogP contribution in [0.4, 0.5) is 15.8 Å². The molecule has 3 nitrogen and oxygen atoms in total. The first-order chi connectivity index (χ1) is 9.06. The molecule has 1 aromatic carbocycles. The highest BCUT2D eigenvalue weighted by Crippen LogP contribution is 2.30. The van der Waals surface area contributed by atoms with Crippen molar-refractivity contribution in [1.82, 2.24) is 4.90 Å². The molecule has 1 fully saturated rings. The average molecular weight is 265 g/mol. The van der Waals surface area contributed by atoms with Crippen LogP contribution in [0.25, 0.3) is 0 Å². The van der Waals surface area contributed by atoms with E-state index in [1.54, 1.807) is 6.92 Å². The molecule has 0 aromatic heterocycles. The predicted octanol–water partition coefficient (Wildman–Crippen LogP) is 2.64. The average Bonchev–Trinajstić information content (AvgIpc) is 2.85. The maximum absolute atomic E-state index is 13.5. The zero-order chi connectivity index (χ0) is 14.0. The van der Waals surface area contributed by atoms with Crippen molar-refractivity contribution in [2.75, 3.05) is 36.8 Å². The van der Waals surface area contributed by atoms with E-state index in [0.29, 0.717) is 17.3 Å². The van der Waals surface area contributed by atoms with Crippen molar-refractivity contribution >= 4 is 11.4 Å². The Balaban J connectivity index is 2.15. The van der Waals surface area contributed by atoms with Gasteiger partial charge in [0.1, 0.15) is 5.82 Å². The summed E-state index contributed by atoms with van der Waals surface area (Å²) in [5, 5.41) is 0. The quantitative estimate of drug-likeness (QED) is 0.849. The third-order valence-corrected chi connectivity index (χ3v) is 4.14. The van der Waals surface area contributed by atoms with Crippen LogP contribution in [0, 0.1) is 12.7 Å². The predicted molar refractivity (Wildman–Crippen MR) is 79.1 cm³/mol. The third kappa shape index (κ3) is 2.84. The van der Waals surface area contributed by atoms with E-state index >= 15 is 0 Å². The summed E-state index contributed by atoms with van der Waals surface area (Å²) in [6, 6.07) is 3.89. The van der Waals surface area contributed by atoms with Crippen LogP contribution in [0.3, 0.4) is 0 Å². The summed E-state index contributed by atoms with van der Waals surface area (Å²) in [7, 11) is 0. The van der Waals surface area contributed by atoms with Crippen LogP contribution in [-0.2, 0) is 0 Å². The van der Waals surface area contributed by atoms with Crippen molar-refractivity contribution in [2.45, 2.75) is 33.2 Å². The van der Waals surface area contributed by atoms with Gasteiger partial charge in [-0.1, -0.05) is 13.8 Å². The number of nitrogens with zero attached hydrogens (tertiary/aromatic N) is 2. The second-order valence-corrected chi connectivity index (χ2v) is 5.27. The minimum absolute atomic E-state index is 0.222. The van der Waals surface area contributed by atoms with Crippen LogP contribution in [0.5, 0.6) is 0 Å². The molecule has 0 aliphatic carbocycles. The van der Waals surface area contributed by atoms with E-state index in [9.17, 15) is 4.39 Å². The Morgan fingerprint density at radius 2 is 2.05 bits per heavy atom. The lowest BCUT2D eigenvalue weighted by molar-refractivity contribution is 0.232. The minimum atomic E-state index is -0.222. The number of halogens is 1. The first-order valence-corrected chi connectivity index (χ1v) is 7.11. The number of hydrogen-bond acceptors (Lipinski definition) is 3. The summed E-state index contributed by atoms with van der Waals surface area (Å²) in [5.74, 6) is -0.222. The van der Waals surface area contributed by atoms with Crippen LogP contribution in [0.2, 0.25) is 0 Å². The van der Waals surface area contributed by atoms with Crippen molar-refractivity contribution in [3.8, 4) is 0 Å². The van der Waals surface area contributed by atoms with Gasteiger partial charge >= 0.3 is 0 Å². The van der Waals surface area contributed by atoms with Gasteiger partial charge in [-0.3, -0.25) is 4.90 Å². The second kappa shape index (κ2) is 5.78. The van der Waals surface area contributed by atoms with Crippen LogP contribution in [0.1, 0.15) is 25.8 Å². The van der Waals surface area contributed by atoms with Crippen LogP contribution >= 0.6 is 0 Å². The maximum Gasteiger partial charge on any atom is 0.128 e. The molecule has 19 heavy (non-hydrogen) atoms. The zero-order valence-electron chi connectivity index (χ0n) is 12.1. The van der Waals surface area contributed by atoms with Crippen LogP contribution < -0.4 is 10.6 Å². The molecule has 1 atom stereocenters. The van der Waals surface area contributed by atoms with Gasteiger partial charge < -0.3 is 10.6 Å². The molecular formula is C15H24FN3. The summed E-state index contributed by atoms with van der Waals surface area (Å²) in [5.41, 5.74) is 8.15. The standard InChI is InChI=1S/C15H24FN3/c1-4-18(5-2)12-6-7-19(10-12)15-8-11(3)13(16)9-14(15)17/h8-9,12H,4-7,10,17H2,1-3H3. The Bertz CT molecular complexity index is 443. The van der Waals surface area contributed by atoms with E-state index in [0.717, 1.165) is 38.3 Å². The van der Waals surface area contributed by atoms with E-state index in [1.165, 1.54) is 6.07 Å². The molecule has 106 valence electrons. The summed E-state index contributed by atoms with van der Waals surface area (Å²) < 4.78 is 13.5. The lowest BCUT2D eigenvalue weighted by atomic mass is 10.1. The molecule has 1 aliphatic rings. The van der Waals surface area contributed by atoms with Crippen molar-refractivity contribution in [3.63, 3.8) is 0 Å². The number of likely N-dealkylation sites (N-methyl/N-ethyl adjacent to an activating group) is 1. The van der Waals surface area contributed by atoms with E-state index in [1.807, 2.05) is 6.07 Å². The van der Waals surface area contributed by atoms with Crippen LogP contribution in [0.15, 0.2) is 12.1 Å². The van der Waals surface area contributed by atoms with E-state index in [4.69, 9.17) is 5.73 Å². The SMILES string of the molecule is CCN(CC)C1CCN(c2cc(C)c(F)cc2N)C1. The number of aryl methyl sites for hydroxylation is 1. The largest absolute Gasteiger partial charge is 0.397 e. The summed E-state index contributed by atoms with van der Waals surface area (Å²) in [6.07, 6.45) is 1.15. The van der Waals surface area contributed by atoms with Gasteiger partial charge in [0.2, 0.25) is 0 Å². The second-order valence-electron chi connectivity index (χ2n) is 5.27. The van der Waals surface area contributed by atoms with Gasteiger partial charge in [-0.15, -0.1) is 0 Å². The lowest BCUT2D eigenvalue weighted by Crippen LogP contribution is -2.37. The number of hydrogen-bond donors (Lipinski definition) is 1. The first-order valence-electron chi connectivity index (χ1n) is 7.11. The molecular weight excluding hydrogens is 241 g/mol. The lowest BCUT2D eigenvalue weighted by Gasteiger charge is -2.27. The topological polar surface area (TPSA) is 32.5 Å². The van der Waals surface area contributed by atoms with Crippen LogP contribution in [-0.4, -0.2) is 37.1 Å². The van der Waals surface area contributed by atoms with E-state index in [-0.39, 0.29) is 5.82 Å². The fourth-order valence-corrected chi connectivity index (χ4v) is 2.95. The van der Waals surface area contributed by atoms with Gasteiger partial charge in [0, 0.05) is 19.1 Å². The van der Waals surface area contributed by atoms with Gasteiger partial charge in [-0.25, -0.2) is 4.39 Å². The van der Waals surface area contributed by atoms with Crippen molar-refractivity contribution in [3.05, 3.63) is 23.5 Å². The highest BCUT2D eigenvalue weighted by atomic mass is 19.1. The van der Waals surface area contributed by atoms with Gasteiger partial charge in [0.25, 0.3) is 0 Å². The molecule has 0 spiro atoms. The number of benzene rings is 1. The summed E-state index contributed by atoms with van der Waals surface area (Å²) in [4.78, 5) is 4.76. The molecule has 0 bridgehead atoms. The zero-order valence-corrected chi connectivity index (χ0v) is 12.1. The van der Waals surface area contributed by atoms with E-state index in [2.05, 4.69) is 23.6 Å². The summed E-state index contributed by atoms with van der Waals surface area (Å²) in [6.45, 7) is 10.3. The van der Waals surface area contributed by atoms with Gasteiger partial charge in [-0.05, 0) is 44.1 Å². The Labute approximate surface area is 115 Å². The molecule has 1 saturated heterocycles. The molecule has 0 radical (unpaired) electrons. The molecule has 2 N–H and O–H groups in total. The molecule has 1 unspecified atom stereocenters. The molecule has 4 heteroatoms. The van der Waals surface area contributed by atoms with E-state index < -0.39 is 0 Å². The fourth-order valence-electron chi connectivity index (χ4n) is 2.95. The molecule has 0 amide bonds. The smallest absolute Gasteiger partial charge is 0.128 e. The Hall–Kier alpha value is -1.29. The van der Waals surface area contributed by atoms with Crippen molar-refractivity contribution < 1.29 is 4.39 Å². The Kier molecular flexibility index (Phi) is 4.30. The maximum atomic E-state index is 13.5. The number of nitrogens with two attached hydrogens (primary N) is 1. The Morgan fingerprint density at radius 1 is 1.37 bits per heavy atom. The Morgan fingerprint density at radius 3 is 2.68 bits per heavy atom. The summed E-state index contributed by atoms with van der Waals surface area (Å²) >= 11 is 0. The third-order valence-electron chi connectivity index (χ3n) is 4.14. The molecule has 1 aromatic rings. The van der Waals surface area contributed by atoms with Gasteiger partial charge in [0.05, 0.1) is 11.4 Å².